The monoisotopic (exact) mass is 433 g/mol. The van der Waals surface area contributed by atoms with Gasteiger partial charge in [-0.05, 0) is 56.3 Å². The maximum atomic E-state index is 12.5. The van der Waals surface area contributed by atoms with E-state index in [-0.39, 0.29) is 5.78 Å². The summed E-state index contributed by atoms with van der Waals surface area (Å²) in [7, 11) is 0. The Labute approximate surface area is 182 Å². The number of Topliss-reactive ketones (excluding diaryl/α,β-unsaturated/α-hetero) is 1. The summed E-state index contributed by atoms with van der Waals surface area (Å²) in [5.74, 6) is -1.08. The zero-order valence-electron chi connectivity index (χ0n) is 16.9. The maximum absolute atomic E-state index is 12.5. The fourth-order valence-corrected chi connectivity index (χ4v) is 4.16. The van der Waals surface area contributed by atoms with Gasteiger partial charge in [-0.3, -0.25) is 9.59 Å². The number of nitrogens with one attached hydrogen (secondary N) is 1. The number of anilines is 1. The molecule has 8 heteroatoms. The molecule has 0 aliphatic carbocycles. The molecule has 0 radical (unpaired) electrons. The van der Waals surface area contributed by atoms with Crippen LogP contribution in [0.3, 0.4) is 0 Å². The second-order valence-electron chi connectivity index (χ2n) is 6.92. The molecule has 1 amide bonds. The van der Waals surface area contributed by atoms with Crippen LogP contribution in [-0.4, -0.2) is 34.0 Å². The Hall–Kier alpha value is -3.78. The first-order valence-electron chi connectivity index (χ1n) is 9.55. The highest BCUT2D eigenvalue weighted by molar-refractivity contribution is 7.20. The zero-order chi connectivity index (χ0) is 22.0. The highest BCUT2D eigenvalue weighted by atomic mass is 32.1. The number of benzene rings is 2. The minimum Gasteiger partial charge on any atom is -0.451 e. The molecular weight excluding hydrogens is 414 g/mol. The first-order chi connectivity index (χ1) is 14.9. The molecule has 0 aliphatic rings. The Morgan fingerprint density at radius 3 is 2.45 bits per heavy atom. The van der Waals surface area contributed by atoms with Crippen molar-refractivity contribution in [2.24, 2.45) is 0 Å². The minimum atomic E-state index is -0.567. The van der Waals surface area contributed by atoms with Gasteiger partial charge in [-0.25, -0.2) is 9.48 Å². The highest BCUT2D eigenvalue weighted by Gasteiger charge is 2.19. The predicted octanol–water partition coefficient (Wildman–Crippen LogP) is 4.39. The van der Waals surface area contributed by atoms with Gasteiger partial charge in [0.2, 0.25) is 0 Å². The van der Waals surface area contributed by atoms with E-state index < -0.39 is 18.5 Å². The molecule has 156 valence electrons. The number of hydrogen-bond acceptors (Lipinski definition) is 6. The van der Waals surface area contributed by atoms with Crippen molar-refractivity contribution in [2.45, 2.75) is 13.8 Å². The first-order valence-corrected chi connectivity index (χ1v) is 10.4. The Morgan fingerprint density at radius 1 is 1.06 bits per heavy atom. The molecule has 2 heterocycles. The molecule has 4 rings (SSSR count). The molecule has 2 aromatic carbocycles. The number of nitrogens with zero attached hydrogens (tertiary/aromatic N) is 2. The molecule has 0 unspecified atom stereocenters. The van der Waals surface area contributed by atoms with Crippen molar-refractivity contribution < 1.29 is 19.1 Å². The number of fused-ring (bicyclic) bond motifs is 1. The van der Waals surface area contributed by atoms with Crippen LogP contribution in [0, 0.1) is 6.92 Å². The molecule has 0 bridgehead atoms. The molecule has 0 spiro atoms. The summed E-state index contributed by atoms with van der Waals surface area (Å²) >= 11 is 1.27. The van der Waals surface area contributed by atoms with E-state index in [1.165, 1.54) is 18.3 Å². The average molecular weight is 433 g/mol. The molecule has 31 heavy (non-hydrogen) atoms. The highest BCUT2D eigenvalue weighted by Crippen LogP contribution is 2.30. The van der Waals surface area contributed by atoms with Crippen LogP contribution >= 0.6 is 11.3 Å². The maximum Gasteiger partial charge on any atom is 0.348 e. The molecule has 7 nitrogen and oxygen atoms in total. The van der Waals surface area contributed by atoms with Crippen molar-refractivity contribution in [3.05, 3.63) is 76.8 Å². The number of rotatable bonds is 6. The summed E-state index contributed by atoms with van der Waals surface area (Å²) in [6, 6.07) is 17.9. The molecule has 0 atom stereocenters. The topological polar surface area (TPSA) is 90.3 Å². The number of hydrogen-bond donors (Lipinski definition) is 1. The summed E-state index contributed by atoms with van der Waals surface area (Å²) in [5.41, 5.74) is 2.78. The largest absolute Gasteiger partial charge is 0.451 e. The van der Waals surface area contributed by atoms with Gasteiger partial charge in [-0.2, -0.15) is 5.10 Å². The third kappa shape index (κ3) is 4.39. The van der Waals surface area contributed by atoms with Crippen LogP contribution in [0.2, 0.25) is 0 Å². The molecule has 4 aromatic rings. The number of ether oxygens (including phenoxy) is 1. The summed E-state index contributed by atoms with van der Waals surface area (Å²) in [5, 5.41) is 8.06. The molecular formula is C23H19N3O4S. The Bertz CT molecular complexity index is 1270. The number of thiophene rings is 1. The van der Waals surface area contributed by atoms with E-state index >= 15 is 0 Å². The van der Waals surface area contributed by atoms with Gasteiger partial charge in [-0.1, -0.05) is 18.2 Å². The van der Waals surface area contributed by atoms with Gasteiger partial charge in [0.1, 0.15) is 9.71 Å². The molecule has 0 aliphatic heterocycles. The van der Waals surface area contributed by atoms with Gasteiger partial charge < -0.3 is 10.1 Å². The second-order valence-corrected chi connectivity index (χ2v) is 7.95. The van der Waals surface area contributed by atoms with Gasteiger partial charge in [0, 0.05) is 16.6 Å². The Kier molecular flexibility index (Phi) is 5.64. The average Bonchev–Trinajstić information content (AvgIpc) is 3.34. The van der Waals surface area contributed by atoms with E-state index in [1.54, 1.807) is 35.0 Å². The number of carbonyl (C=O) groups excluding carboxylic acids is 3. The summed E-state index contributed by atoms with van der Waals surface area (Å²) in [6.07, 6.45) is 0. The number of ketones is 1. The molecule has 2 aromatic heterocycles. The fourth-order valence-electron chi connectivity index (χ4n) is 3.08. The van der Waals surface area contributed by atoms with Crippen LogP contribution < -0.4 is 5.32 Å². The number of aryl methyl sites for hydroxylation is 1. The van der Waals surface area contributed by atoms with Crippen molar-refractivity contribution in [3.63, 3.8) is 0 Å². The van der Waals surface area contributed by atoms with Crippen LogP contribution in [0.15, 0.2) is 60.7 Å². The van der Waals surface area contributed by atoms with Crippen LogP contribution in [0.25, 0.3) is 15.9 Å². The lowest BCUT2D eigenvalue weighted by molar-refractivity contribution is -0.119. The predicted molar refractivity (Wildman–Crippen MR) is 119 cm³/mol. The van der Waals surface area contributed by atoms with Crippen LogP contribution in [0.1, 0.15) is 32.6 Å². The van der Waals surface area contributed by atoms with Gasteiger partial charge >= 0.3 is 5.97 Å². The lowest BCUT2D eigenvalue weighted by Gasteiger charge is -2.06. The lowest BCUT2D eigenvalue weighted by atomic mass is 10.1. The molecule has 0 saturated carbocycles. The van der Waals surface area contributed by atoms with E-state index in [2.05, 4.69) is 10.4 Å². The number of para-hydroxylation sites is 1. The van der Waals surface area contributed by atoms with Crippen molar-refractivity contribution >= 4 is 44.9 Å². The van der Waals surface area contributed by atoms with Crippen molar-refractivity contribution in [1.82, 2.24) is 9.78 Å². The van der Waals surface area contributed by atoms with Gasteiger partial charge in [0.05, 0.1) is 11.4 Å². The van der Waals surface area contributed by atoms with Crippen molar-refractivity contribution in [1.29, 1.82) is 0 Å². The third-order valence-electron chi connectivity index (χ3n) is 4.66. The van der Waals surface area contributed by atoms with Crippen LogP contribution in [-0.2, 0) is 9.53 Å². The smallest absolute Gasteiger partial charge is 0.348 e. The van der Waals surface area contributed by atoms with E-state index in [9.17, 15) is 14.4 Å². The van der Waals surface area contributed by atoms with Gasteiger partial charge in [0.15, 0.2) is 12.4 Å². The third-order valence-corrected chi connectivity index (χ3v) is 5.75. The van der Waals surface area contributed by atoms with Crippen LogP contribution in [0.5, 0.6) is 0 Å². The van der Waals surface area contributed by atoms with E-state index in [4.69, 9.17) is 4.74 Å². The van der Waals surface area contributed by atoms with Crippen LogP contribution in [0.4, 0.5) is 5.69 Å². The summed E-state index contributed by atoms with van der Waals surface area (Å²) in [4.78, 5) is 37.2. The molecule has 0 fully saturated rings. The number of amides is 1. The van der Waals surface area contributed by atoms with Crippen molar-refractivity contribution in [3.8, 4) is 5.69 Å². The van der Waals surface area contributed by atoms with Gasteiger partial charge in [-0.15, -0.1) is 11.3 Å². The number of carbonyl (C=O) groups is 3. The standard InChI is InChI=1S/C23H19N3O4S/c1-14-19-12-20(31-22(19)26(25-14)18-6-4-3-5-7-18)23(29)30-13-21(28)24-17-10-8-16(9-11-17)15(2)27/h3-12H,13H2,1-2H3,(H,24,28). The quantitative estimate of drug-likeness (QED) is 0.360. The van der Waals surface area contributed by atoms with E-state index in [0.717, 1.165) is 21.6 Å². The molecule has 1 N–H and O–H groups in total. The lowest BCUT2D eigenvalue weighted by Crippen LogP contribution is -2.20. The number of aromatic nitrogens is 2. The normalized spacial score (nSPS) is 10.8. The summed E-state index contributed by atoms with van der Waals surface area (Å²) < 4.78 is 6.98. The molecule has 0 saturated heterocycles. The minimum absolute atomic E-state index is 0.0548. The Morgan fingerprint density at radius 2 is 1.77 bits per heavy atom. The SMILES string of the molecule is CC(=O)c1ccc(NC(=O)COC(=O)c2cc3c(C)nn(-c4ccccc4)c3s2)cc1. The van der Waals surface area contributed by atoms with E-state index in [0.29, 0.717) is 16.1 Å². The van der Waals surface area contributed by atoms with E-state index in [1.807, 2.05) is 37.3 Å². The second kappa shape index (κ2) is 8.53. The Balaban J connectivity index is 1.43. The van der Waals surface area contributed by atoms with Gasteiger partial charge in [0.25, 0.3) is 5.91 Å². The fraction of sp³-hybridized carbons (Fsp3) is 0.130. The number of esters is 1. The first kappa shape index (κ1) is 20.5. The summed E-state index contributed by atoms with van der Waals surface area (Å²) in [6.45, 7) is 2.94. The zero-order valence-corrected chi connectivity index (χ0v) is 17.7. The van der Waals surface area contributed by atoms with Crippen molar-refractivity contribution in [2.75, 3.05) is 11.9 Å².